The Morgan fingerprint density at radius 2 is 2.21 bits per heavy atom. The Morgan fingerprint density at radius 3 is 2.86 bits per heavy atom. The lowest BCUT2D eigenvalue weighted by atomic mass is 9.97. The highest BCUT2D eigenvalue weighted by atomic mass is 79.9. The third-order valence-corrected chi connectivity index (χ3v) is 3.60. The fourth-order valence-electron chi connectivity index (χ4n) is 1.93. The van der Waals surface area contributed by atoms with Crippen molar-refractivity contribution < 1.29 is 4.79 Å². The number of ketones is 1. The van der Waals surface area contributed by atoms with Gasteiger partial charge in [-0.3, -0.25) is 4.79 Å². The normalized spacial score (nSPS) is 21.6. The second kappa shape index (κ2) is 4.03. The maximum Gasteiger partial charge on any atom is 0.140 e. The number of benzene rings is 1. The molecule has 1 fully saturated rings. The Bertz CT molecular complexity index is 376. The smallest absolute Gasteiger partial charge is 0.140 e. The fraction of sp³-hybridized carbons (Fsp3) is 0.364. The summed E-state index contributed by atoms with van der Waals surface area (Å²) >= 11 is 9.37. The molecule has 0 amide bonds. The molecule has 0 heterocycles. The van der Waals surface area contributed by atoms with E-state index in [1.807, 2.05) is 18.2 Å². The first kappa shape index (κ1) is 10.2. The topological polar surface area (TPSA) is 17.1 Å². The lowest BCUT2D eigenvalue weighted by Crippen LogP contribution is -2.04. The second-order valence-electron chi connectivity index (χ2n) is 3.58. The molecule has 1 aliphatic rings. The summed E-state index contributed by atoms with van der Waals surface area (Å²) in [6.07, 6.45) is 2.67. The molecule has 74 valence electrons. The molecule has 1 unspecified atom stereocenters. The van der Waals surface area contributed by atoms with E-state index in [2.05, 4.69) is 15.9 Å². The molecule has 0 aliphatic heterocycles. The highest BCUT2D eigenvalue weighted by Crippen LogP contribution is 2.36. The molecule has 14 heavy (non-hydrogen) atoms. The lowest BCUT2D eigenvalue weighted by Gasteiger charge is -2.10. The third kappa shape index (κ3) is 1.86. The number of hydrogen-bond acceptors (Lipinski definition) is 1. The summed E-state index contributed by atoms with van der Waals surface area (Å²) in [7, 11) is 0. The van der Waals surface area contributed by atoms with Gasteiger partial charge < -0.3 is 0 Å². The molecular formula is C11H10BrClO. The van der Waals surface area contributed by atoms with E-state index < -0.39 is 0 Å². The Labute approximate surface area is 96.6 Å². The fourth-order valence-corrected chi connectivity index (χ4v) is 2.63. The van der Waals surface area contributed by atoms with Crippen LogP contribution >= 0.6 is 27.5 Å². The van der Waals surface area contributed by atoms with Crippen LogP contribution in [-0.2, 0) is 4.79 Å². The largest absolute Gasteiger partial charge is 0.299 e. The number of halogens is 2. The molecule has 0 spiro atoms. The van der Waals surface area contributed by atoms with Crippen molar-refractivity contribution in [3.8, 4) is 0 Å². The average molecular weight is 274 g/mol. The molecule has 0 aromatic heterocycles. The molecule has 0 saturated heterocycles. The summed E-state index contributed by atoms with van der Waals surface area (Å²) in [5.74, 6) is 0.399. The van der Waals surface area contributed by atoms with Crippen LogP contribution in [0.2, 0.25) is 5.02 Å². The third-order valence-electron chi connectivity index (χ3n) is 2.64. The minimum atomic E-state index is 0.0584. The standard InChI is InChI=1S/C11H10BrClO/c12-10-5-4-7(13)6-9(10)8-2-1-3-11(8)14/h4-6,8H,1-3H2. The van der Waals surface area contributed by atoms with E-state index in [4.69, 9.17) is 11.6 Å². The molecule has 1 nitrogen and oxygen atoms in total. The summed E-state index contributed by atoms with van der Waals surface area (Å²) in [6.45, 7) is 0. The van der Waals surface area contributed by atoms with Gasteiger partial charge in [0.05, 0.1) is 0 Å². The van der Waals surface area contributed by atoms with E-state index in [0.717, 1.165) is 22.9 Å². The first-order valence-electron chi connectivity index (χ1n) is 4.66. The van der Waals surface area contributed by atoms with Crippen LogP contribution in [0.1, 0.15) is 30.7 Å². The quantitative estimate of drug-likeness (QED) is 0.757. The van der Waals surface area contributed by atoms with Crippen molar-refractivity contribution in [2.24, 2.45) is 0 Å². The van der Waals surface area contributed by atoms with Gasteiger partial charge in [0.2, 0.25) is 0 Å². The van der Waals surface area contributed by atoms with E-state index in [9.17, 15) is 4.79 Å². The SMILES string of the molecule is O=C1CCCC1c1cc(Cl)ccc1Br. The van der Waals surface area contributed by atoms with Crippen LogP contribution < -0.4 is 0 Å². The molecule has 0 bridgehead atoms. The molecular weight excluding hydrogens is 263 g/mol. The van der Waals surface area contributed by atoms with Gasteiger partial charge in [-0.1, -0.05) is 27.5 Å². The highest BCUT2D eigenvalue weighted by molar-refractivity contribution is 9.10. The lowest BCUT2D eigenvalue weighted by molar-refractivity contribution is -0.118. The van der Waals surface area contributed by atoms with Crippen molar-refractivity contribution in [1.29, 1.82) is 0 Å². The first-order valence-corrected chi connectivity index (χ1v) is 5.83. The van der Waals surface area contributed by atoms with Crippen LogP contribution in [0.25, 0.3) is 0 Å². The van der Waals surface area contributed by atoms with Crippen LogP contribution in [0.4, 0.5) is 0 Å². The van der Waals surface area contributed by atoms with Gasteiger partial charge >= 0.3 is 0 Å². The van der Waals surface area contributed by atoms with Crippen molar-refractivity contribution >= 4 is 33.3 Å². The summed E-state index contributed by atoms with van der Waals surface area (Å²) in [6, 6.07) is 5.62. The number of carbonyl (C=O) groups is 1. The van der Waals surface area contributed by atoms with Gasteiger partial charge in [0.25, 0.3) is 0 Å². The summed E-state index contributed by atoms with van der Waals surface area (Å²) in [4.78, 5) is 11.6. The molecule has 3 heteroatoms. The number of carbonyl (C=O) groups excluding carboxylic acids is 1. The number of rotatable bonds is 1. The Kier molecular flexibility index (Phi) is 2.93. The highest BCUT2D eigenvalue weighted by Gasteiger charge is 2.27. The molecule has 0 radical (unpaired) electrons. The van der Waals surface area contributed by atoms with Crippen LogP contribution in [0.5, 0.6) is 0 Å². The predicted molar refractivity (Wildman–Crippen MR) is 60.8 cm³/mol. The molecule has 0 N–H and O–H groups in total. The van der Waals surface area contributed by atoms with Crippen LogP contribution in [0, 0.1) is 0 Å². The van der Waals surface area contributed by atoms with Crippen LogP contribution in [0.15, 0.2) is 22.7 Å². The van der Waals surface area contributed by atoms with E-state index in [-0.39, 0.29) is 5.92 Å². The van der Waals surface area contributed by atoms with Crippen LogP contribution in [-0.4, -0.2) is 5.78 Å². The number of Topliss-reactive ketones (excluding diaryl/α,β-unsaturated/α-hetero) is 1. The maximum absolute atomic E-state index is 11.6. The zero-order valence-corrected chi connectivity index (χ0v) is 9.94. The van der Waals surface area contributed by atoms with Crippen molar-refractivity contribution in [2.75, 3.05) is 0 Å². The second-order valence-corrected chi connectivity index (χ2v) is 4.87. The average Bonchev–Trinajstić information content (AvgIpc) is 2.56. The van der Waals surface area contributed by atoms with Gasteiger partial charge in [0.15, 0.2) is 0 Å². The van der Waals surface area contributed by atoms with Gasteiger partial charge in [0.1, 0.15) is 5.78 Å². The van der Waals surface area contributed by atoms with Crippen molar-refractivity contribution in [3.63, 3.8) is 0 Å². The monoisotopic (exact) mass is 272 g/mol. The summed E-state index contributed by atoms with van der Waals surface area (Å²) in [5, 5.41) is 0.697. The maximum atomic E-state index is 11.6. The van der Waals surface area contributed by atoms with Crippen molar-refractivity contribution in [3.05, 3.63) is 33.3 Å². The minimum Gasteiger partial charge on any atom is -0.299 e. The molecule has 2 rings (SSSR count). The number of hydrogen-bond donors (Lipinski definition) is 0. The van der Waals surface area contributed by atoms with E-state index in [1.54, 1.807) is 0 Å². The molecule has 1 atom stereocenters. The van der Waals surface area contributed by atoms with E-state index in [1.165, 1.54) is 0 Å². The Hall–Kier alpha value is -0.340. The molecule has 1 aliphatic carbocycles. The summed E-state index contributed by atoms with van der Waals surface area (Å²) < 4.78 is 0.988. The minimum absolute atomic E-state index is 0.0584. The van der Waals surface area contributed by atoms with Crippen molar-refractivity contribution in [1.82, 2.24) is 0 Å². The van der Waals surface area contributed by atoms with Gasteiger partial charge in [-0.15, -0.1) is 0 Å². The zero-order valence-electron chi connectivity index (χ0n) is 7.59. The first-order chi connectivity index (χ1) is 6.68. The van der Waals surface area contributed by atoms with Gasteiger partial charge in [-0.05, 0) is 36.6 Å². The molecule has 1 aromatic carbocycles. The van der Waals surface area contributed by atoms with E-state index >= 15 is 0 Å². The van der Waals surface area contributed by atoms with Gasteiger partial charge in [-0.25, -0.2) is 0 Å². The Morgan fingerprint density at radius 1 is 1.43 bits per heavy atom. The zero-order chi connectivity index (χ0) is 10.1. The van der Waals surface area contributed by atoms with E-state index in [0.29, 0.717) is 17.2 Å². The van der Waals surface area contributed by atoms with Crippen LogP contribution in [0.3, 0.4) is 0 Å². The predicted octanol–water partition coefficient (Wildman–Crippen LogP) is 3.94. The summed E-state index contributed by atoms with van der Waals surface area (Å²) in [5.41, 5.74) is 1.04. The van der Waals surface area contributed by atoms with Gasteiger partial charge in [-0.2, -0.15) is 0 Å². The van der Waals surface area contributed by atoms with Gasteiger partial charge in [0, 0.05) is 21.8 Å². The molecule has 1 saturated carbocycles. The molecule has 1 aromatic rings. The van der Waals surface area contributed by atoms with Crippen molar-refractivity contribution in [2.45, 2.75) is 25.2 Å². The Balaban J connectivity index is 2.39.